The Kier molecular flexibility index (Phi) is 10.0. The van der Waals surface area contributed by atoms with Crippen molar-refractivity contribution in [2.75, 3.05) is 19.8 Å². The molecular weight excluding hydrogens is 504 g/mol. The quantitative estimate of drug-likeness (QED) is 0.314. The van der Waals surface area contributed by atoms with E-state index in [0.29, 0.717) is 0 Å². The van der Waals surface area contributed by atoms with E-state index in [1.165, 1.54) is 4.90 Å². The summed E-state index contributed by atoms with van der Waals surface area (Å²) >= 11 is 1.58. The molecule has 38 heavy (non-hydrogen) atoms. The number of aliphatic hydroxyl groups is 1. The maximum absolute atomic E-state index is 13.6. The minimum Gasteiger partial charge on any atom is -0.391 e. The molecule has 9 nitrogen and oxygen atoms in total. The van der Waals surface area contributed by atoms with E-state index < -0.39 is 29.5 Å². The minimum atomic E-state index is -0.883. The van der Waals surface area contributed by atoms with Crippen molar-refractivity contribution in [2.45, 2.75) is 65.3 Å². The maximum Gasteiger partial charge on any atom is 0.246 e. The summed E-state index contributed by atoms with van der Waals surface area (Å²) in [6.45, 7) is 8.03. The van der Waals surface area contributed by atoms with Crippen LogP contribution < -0.4 is 10.6 Å². The second kappa shape index (κ2) is 13.0. The van der Waals surface area contributed by atoms with Gasteiger partial charge in [0.15, 0.2) is 0 Å². The van der Waals surface area contributed by atoms with Gasteiger partial charge in [0.25, 0.3) is 0 Å². The molecule has 0 unspecified atom stereocenters. The van der Waals surface area contributed by atoms with Crippen molar-refractivity contribution in [1.82, 2.24) is 20.5 Å². The molecular formula is C28H36N4O5S. The number of benzene rings is 1. The summed E-state index contributed by atoms with van der Waals surface area (Å²) in [7, 11) is 0. The zero-order valence-electron chi connectivity index (χ0n) is 22.3. The van der Waals surface area contributed by atoms with Gasteiger partial charge >= 0.3 is 0 Å². The van der Waals surface area contributed by atoms with E-state index in [-0.39, 0.29) is 51.0 Å². The molecule has 3 amide bonds. The molecule has 0 saturated carbocycles. The zero-order valence-corrected chi connectivity index (χ0v) is 23.1. The van der Waals surface area contributed by atoms with Gasteiger partial charge in [0, 0.05) is 19.5 Å². The first kappa shape index (κ1) is 29.3. The highest BCUT2D eigenvalue weighted by atomic mass is 32.1. The van der Waals surface area contributed by atoms with Crippen LogP contribution in [-0.2, 0) is 25.7 Å². The Morgan fingerprint density at radius 2 is 2.00 bits per heavy atom. The Labute approximate surface area is 228 Å². The number of carbonyl (C=O) groups excluding carboxylic acids is 3. The van der Waals surface area contributed by atoms with Crippen LogP contribution in [0.25, 0.3) is 10.4 Å². The molecule has 1 aromatic carbocycles. The highest BCUT2D eigenvalue weighted by Gasteiger charge is 2.44. The normalized spacial score (nSPS) is 18.1. The lowest BCUT2D eigenvalue weighted by Gasteiger charge is -2.35. The molecule has 3 N–H and O–H groups in total. The lowest BCUT2D eigenvalue weighted by molar-refractivity contribution is -0.144. The fraction of sp³-hybridized carbons (Fsp3) is 0.500. The van der Waals surface area contributed by atoms with Crippen molar-refractivity contribution < 1.29 is 24.2 Å². The maximum atomic E-state index is 13.6. The molecule has 0 aliphatic carbocycles. The number of hydrogen-bond acceptors (Lipinski definition) is 7. The van der Waals surface area contributed by atoms with E-state index in [4.69, 9.17) is 11.2 Å². The number of nitrogens with zero attached hydrogens (tertiary/aromatic N) is 2. The monoisotopic (exact) mass is 540 g/mol. The first-order valence-corrected chi connectivity index (χ1v) is 13.5. The van der Waals surface area contributed by atoms with Crippen molar-refractivity contribution in [1.29, 1.82) is 0 Å². The SMILES string of the molecule is C#CCOCCC(=O)N[C@H](C(=O)N1C[C@H](O)C[C@H]1C(=O)NCc1ccc(-c2scnc2C)cc1)C(C)(C)C. The molecule has 3 rings (SSSR count). The number of terminal acetylenes is 1. The van der Waals surface area contributed by atoms with Gasteiger partial charge in [-0.2, -0.15) is 0 Å². The predicted molar refractivity (Wildman–Crippen MR) is 146 cm³/mol. The molecule has 1 saturated heterocycles. The summed E-state index contributed by atoms with van der Waals surface area (Å²) in [4.78, 5) is 46.0. The van der Waals surface area contributed by atoms with Gasteiger partial charge < -0.3 is 25.4 Å². The van der Waals surface area contributed by atoms with Crippen LogP contribution in [0.15, 0.2) is 29.8 Å². The van der Waals surface area contributed by atoms with Crippen LogP contribution in [0.2, 0.25) is 0 Å². The Balaban J connectivity index is 1.63. The third-order valence-corrected chi connectivity index (χ3v) is 7.35. The first-order valence-electron chi connectivity index (χ1n) is 12.6. The Morgan fingerprint density at radius 1 is 1.29 bits per heavy atom. The Morgan fingerprint density at radius 3 is 2.61 bits per heavy atom. The van der Waals surface area contributed by atoms with Crippen LogP contribution in [0.4, 0.5) is 0 Å². The van der Waals surface area contributed by atoms with Crippen LogP contribution in [0.1, 0.15) is 44.9 Å². The highest BCUT2D eigenvalue weighted by Crippen LogP contribution is 2.28. The Bertz CT molecular complexity index is 1170. The summed E-state index contributed by atoms with van der Waals surface area (Å²) in [5.41, 5.74) is 4.13. The van der Waals surface area contributed by atoms with E-state index in [9.17, 15) is 19.5 Å². The van der Waals surface area contributed by atoms with Gasteiger partial charge in [-0.1, -0.05) is 51.0 Å². The van der Waals surface area contributed by atoms with Crippen molar-refractivity contribution in [3.8, 4) is 22.8 Å². The molecule has 204 valence electrons. The molecule has 2 heterocycles. The summed E-state index contributed by atoms with van der Waals surface area (Å²) in [5, 5.41) is 16.0. The van der Waals surface area contributed by atoms with Crippen molar-refractivity contribution >= 4 is 29.1 Å². The standard InChI is InChI=1S/C28H36N4O5S/c1-6-12-37-13-11-23(34)31-25(28(3,4)5)27(36)32-16-21(33)14-22(32)26(35)29-15-19-7-9-20(10-8-19)24-18(2)30-17-38-24/h1,7-10,17,21-22,25,33H,11-16H2,2-5H3,(H,29,35)(H,31,34)/t21-,22+,25-/m1/s1. The first-order chi connectivity index (χ1) is 18.0. The van der Waals surface area contributed by atoms with Gasteiger partial charge in [0.1, 0.15) is 18.7 Å². The van der Waals surface area contributed by atoms with Gasteiger partial charge in [-0.25, -0.2) is 4.98 Å². The summed E-state index contributed by atoms with van der Waals surface area (Å²) in [5.74, 6) is 1.23. The van der Waals surface area contributed by atoms with E-state index in [1.54, 1.807) is 11.3 Å². The van der Waals surface area contributed by atoms with E-state index >= 15 is 0 Å². The van der Waals surface area contributed by atoms with Gasteiger partial charge in [-0.15, -0.1) is 17.8 Å². The number of ether oxygens (including phenoxy) is 1. The molecule has 1 aliphatic heterocycles. The fourth-order valence-electron chi connectivity index (χ4n) is 4.31. The fourth-order valence-corrected chi connectivity index (χ4v) is 5.12. The van der Waals surface area contributed by atoms with Crippen molar-refractivity contribution in [3.63, 3.8) is 0 Å². The number of aromatic nitrogens is 1. The molecule has 2 aromatic rings. The summed E-state index contributed by atoms with van der Waals surface area (Å²) < 4.78 is 5.16. The molecule has 1 fully saturated rings. The Hall–Kier alpha value is -3.26. The van der Waals surface area contributed by atoms with Crippen LogP contribution in [0.3, 0.4) is 0 Å². The average Bonchev–Trinajstić information content (AvgIpc) is 3.48. The van der Waals surface area contributed by atoms with Crippen LogP contribution in [0, 0.1) is 24.7 Å². The van der Waals surface area contributed by atoms with Crippen molar-refractivity contribution in [2.24, 2.45) is 5.41 Å². The number of nitrogens with one attached hydrogen (secondary N) is 2. The zero-order chi connectivity index (χ0) is 27.9. The number of thiazole rings is 1. The topological polar surface area (TPSA) is 121 Å². The van der Waals surface area contributed by atoms with Crippen LogP contribution in [0.5, 0.6) is 0 Å². The van der Waals surface area contributed by atoms with Gasteiger partial charge in [0.2, 0.25) is 17.7 Å². The number of β-amino-alcohol motifs (C(OH)–C–C–N with tert-alkyl or cyclic N) is 1. The lowest BCUT2D eigenvalue weighted by Crippen LogP contribution is -2.57. The average molecular weight is 541 g/mol. The smallest absolute Gasteiger partial charge is 0.246 e. The predicted octanol–water partition coefficient (Wildman–Crippen LogP) is 2.27. The van der Waals surface area contributed by atoms with Gasteiger partial charge in [-0.3, -0.25) is 14.4 Å². The minimum absolute atomic E-state index is 0.0214. The number of hydrogen-bond donors (Lipinski definition) is 3. The summed E-state index contributed by atoms with van der Waals surface area (Å²) in [6, 6.07) is 6.15. The number of likely N-dealkylation sites (tertiary alicyclic amines) is 1. The number of rotatable bonds is 10. The van der Waals surface area contributed by atoms with Gasteiger partial charge in [-0.05, 0) is 23.5 Å². The number of aliphatic hydroxyl groups excluding tert-OH is 1. The molecule has 1 aliphatic rings. The van der Waals surface area contributed by atoms with Crippen LogP contribution in [-0.4, -0.2) is 70.7 Å². The number of carbonyl (C=O) groups is 3. The lowest BCUT2D eigenvalue weighted by atomic mass is 9.85. The molecule has 0 bridgehead atoms. The van der Waals surface area contributed by atoms with E-state index in [2.05, 4.69) is 21.5 Å². The van der Waals surface area contributed by atoms with E-state index in [0.717, 1.165) is 21.7 Å². The third kappa shape index (κ3) is 7.63. The molecule has 0 radical (unpaired) electrons. The molecule has 3 atom stereocenters. The highest BCUT2D eigenvalue weighted by molar-refractivity contribution is 7.13. The van der Waals surface area contributed by atoms with Crippen LogP contribution >= 0.6 is 11.3 Å². The third-order valence-electron chi connectivity index (χ3n) is 6.37. The molecule has 10 heteroatoms. The summed E-state index contributed by atoms with van der Waals surface area (Å²) in [6.07, 6.45) is 4.50. The second-order valence-corrected chi connectivity index (χ2v) is 11.3. The molecule has 0 spiro atoms. The van der Waals surface area contributed by atoms with Crippen molar-refractivity contribution in [3.05, 3.63) is 41.0 Å². The van der Waals surface area contributed by atoms with Gasteiger partial charge in [0.05, 0.1) is 35.2 Å². The number of amides is 3. The van der Waals surface area contributed by atoms with E-state index in [1.807, 2.05) is 57.5 Å². The second-order valence-electron chi connectivity index (χ2n) is 10.5. The molecule has 1 aromatic heterocycles. The largest absolute Gasteiger partial charge is 0.391 e. The number of aryl methyl sites for hydroxylation is 1.